The van der Waals surface area contributed by atoms with Crippen molar-refractivity contribution in [3.05, 3.63) is 29.8 Å². The van der Waals surface area contributed by atoms with Gasteiger partial charge in [0.2, 0.25) is 5.69 Å². The maximum absolute atomic E-state index is 9.86. The number of likely N-dealkylation sites (tertiary alicyclic amines) is 1. The molecular weight excluding hydrogens is 252 g/mol. The minimum atomic E-state index is -0.125. The molecule has 0 unspecified atom stereocenters. The molecule has 0 saturated carbocycles. The second-order valence-electron chi connectivity index (χ2n) is 5.59. The minimum absolute atomic E-state index is 0.0228. The van der Waals surface area contributed by atoms with Crippen LogP contribution in [-0.4, -0.2) is 41.8 Å². The van der Waals surface area contributed by atoms with Crippen molar-refractivity contribution in [3.8, 4) is 0 Å². The first-order valence-corrected chi connectivity index (χ1v) is 7.42. The number of nitrogens with one attached hydrogen (secondary N) is 1. The van der Waals surface area contributed by atoms with E-state index in [0.717, 1.165) is 30.9 Å². The molecule has 0 aliphatic carbocycles. The molecule has 0 amide bonds. The minimum Gasteiger partial charge on any atom is -0.430 e. The second-order valence-corrected chi connectivity index (χ2v) is 5.59. The highest BCUT2D eigenvalue weighted by atomic mass is 16.6. The first-order chi connectivity index (χ1) is 9.63. The molecule has 1 atom stereocenters. The summed E-state index contributed by atoms with van der Waals surface area (Å²) in [7, 11) is 0. The van der Waals surface area contributed by atoms with E-state index in [1.807, 2.05) is 38.1 Å². The van der Waals surface area contributed by atoms with Crippen LogP contribution in [0.1, 0.15) is 31.7 Å². The number of aryl methyl sites for hydroxylation is 1. The highest BCUT2D eigenvalue weighted by Gasteiger charge is 2.17. The molecule has 0 bridgehead atoms. The smallest absolute Gasteiger partial charge is 0.430 e. The fourth-order valence-corrected chi connectivity index (χ4v) is 2.61. The van der Waals surface area contributed by atoms with Crippen LogP contribution in [0.3, 0.4) is 0 Å². The van der Waals surface area contributed by atoms with Crippen LogP contribution in [0.15, 0.2) is 24.3 Å². The largest absolute Gasteiger partial charge is 0.551 e. The number of ether oxygens (including phenoxy) is 1. The molecule has 1 aliphatic rings. The van der Waals surface area contributed by atoms with E-state index in [9.17, 15) is 5.11 Å². The van der Waals surface area contributed by atoms with E-state index in [1.165, 1.54) is 19.3 Å². The molecule has 1 aromatic rings. The standard InChI is InChI=1S/C16H24N2O2/c1-13-7-6-8-15(11-13)17-16(19)20-14(2)12-18-9-4-3-5-10-18/h6-8,11,14H,3-5,9-10,12H2,1-2H3,(H,17,19)/p+1/t14-/m0/s1. The van der Waals surface area contributed by atoms with Gasteiger partial charge in [0.25, 0.3) is 0 Å². The highest BCUT2D eigenvalue weighted by Crippen LogP contribution is 2.09. The summed E-state index contributed by atoms with van der Waals surface area (Å²) < 4.78 is 5.52. The molecule has 0 aromatic heterocycles. The molecule has 1 heterocycles. The summed E-state index contributed by atoms with van der Waals surface area (Å²) in [5, 5.41) is 9.86. The topological polar surface area (TPSA) is 46.7 Å². The number of aliphatic hydroxyl groups is 1. The first kappa shape index (κ1) is 14.9. The summed E-state index contributed by atoms with van der Waals surface area (Å²) in [6.45, 7) is 7.14. The van der Waals surface area contributed by atoms with Gasteiger partial charge in [0.1, 0.15) is 6.10 Å². The van der Waals surface area contributed by atoms with Crippen molar-refractivity contribution < 1.29 is 14.8 Å². The molecule has 0 spiro atoms. The van der Waals surface area contributed by atoms with Crippen molar-refractivity contribution in [1.82, 2.24) is 4.90 Å². The van der Waals surface area contributed by atoms with Gasteiger partial charge >= 0.3 is 6.08 Å². The van der Waals surface area contributed by atoms with E-state index in [0.29, 0.717) is 0 Å². The summed E-state index contributed by atoms with van der Waals surface area (Å²) in [5.74, 6) is 0. The van der Waals surface area contributed by atoms with Crippen molar-refractivity contribution >= 4 is 11.8 Å². The number of hydrogen-bond donors (Lipinski definition) is 2. The van der Waals surface area contributed by atoms with Crippen LogP contribution in [0.2, 0.25) is 0 Å². The lowest BCUT2D eigenvalue weighted by molar-refractivity contribution is -0.383. The zero-order valence-electron chi connectivity index (χ0n) is 12.4. The third-order valence-corrected chi connectivity index (χ3v) is 3.55. The highest BCUT2D eigenvalue weighted by molar-refractivity contribution is 5.59. The number of nitrogens with zero attached hydrogens (tertiary/aromatic N) is 1. The Hall–Kier alpha value is -1.55. The van der Waals surface area contributed by atoms with Crippen LogP contribution in [0.5, 0.6) is 0 Å². The van der Waals surface area contributed by atoms with Crippen LogP contribution in [-0.2, 0) is 4.74 Å². The third-order valence-electron chi connectivity index (χ3n) is 3.55. The predicted octanol–water partition coefficient (Wildman–Crippen LogP) is 1.51. The number of benzene rings is 1. The number of hydrogen-bond acceptors (Lipinski definition) is 2. The van der Waals surface area contributed by atoms with Crippen LogP contribution < -0.4 is 4.99 Å². The monoisotopic (exact) mass is 277 g/mol. The van der Waals surface area contributed by atoms with Crippen molar-refractivity contribution in [2.24, 2.45) is 0 Å². The van der Waals surface area contributed by atoms with Crippen LogP contribution >= 0.6 is 0 Å². The van der Waals surface area contributed by atoms with E-state index < -0.39 is 0 Å². The molecule has 0 radical (unpaired) electrons. The maximum Gasteiger partial charge on any atom is 0.551 e. The Morgan fingerprint density at radius 3 is 2.80 bits per heavy atom. The normalized spacial score (nSPS) is 18.8. The molecule has 20 heavy (non-hydrogen) atoms. The van der Waals surface area contributed by atoms with Gasteiger partial charge in [-0.15, -0.1) is 4.99 Å². The van der Waals surface area contributed by atoms with E-state index in [4.69, 9.17) is 4.74 Å². The van der Waals surface area contributed by atoms with Crippen molar-refractivity contribution in [1.29, 1.82) is 0 Å². The van der Waals surface area contributed by atoms with E-state index in [-0.39, 0.29) is 12.2 Å². The van der Waals surface area contributed by atoms with Gasteiger partial charge in [-0.2, -0.15) is 0 Å². The molecule has 110 valence electrons. The van der Waals surface area contributed by atoms with Gasteiger partial charge in [0.05, 0.1) is 0 Å². The molecule has 4 heteroatoms. The zero-order chi connectivity index (χ0) is 14.4. The first-order valence-electron chi connectivity index (χ1n) is 7.42. The Morgan fingerprint density at radius 1 is 1.35 bits per heavy atom. The lowest BCUT2D eigenvalue weighted by Crippen LogP contribution is -2.67. The molecule has 1 saturated heterocycles. The Morgan fingerprint density at radius 2 is 2.10 bits per heavy atom. The number of aliphatic hydroxyl groups excluding tert-OH is 1. The Balaban J connectivity index is 1.84. The fraction of sp³-hybridized carbons (Fsp3) is 0.562. The quantitative estimate of drug-likeness (QED) is 0.648. The zero-order valence-corrected chi connectivity index (χ0v) is 12.4. The average Bonchev–Trinajstić information content (AvgIpc) is 2.39. The van der Waals surface area contributed by atoms with Gasteiger partial charge < -0.3 is 9.84 Å². The summed E-state index contributed by atoms with van der Waals surface area (Å²) in [6.07, 6.45) is 3.72. The maximum atomic E-state index is 9.86. The summed E-state index contributed by atoms with van der Waals surface area (Å²) in [5.41, 5.74) is 1.98. The molecule has 2 rings (SSSR count). The van der Waals surface area contributed by atoms with Crippen LogP contribution in [0.4, 0.5) is 5.69 Å². The SMILES string of the molecule is Cc1cccc([NH+]=C(O)O[C@@H](C)CN2CCCCC2)c1. The van der Waals surface area contributed by atoms with E-state index in [1.54, 1.807) is 0 Å². The molecule has 1 fully saturated rings. The molecule has 4 nitrogen and oxygen atoms in total. The Labute approximate surface area is 121 Å². The summed E-state index contributed by atoms with van der Waals surface area (Å²) in [4.78, 5) is 5.28. The molecule has 1 aliphatic heterocycles. The molecular formula is C16H25N2O2+. The number of rotatable bonds is 4. The summed E-state index contributed by atoms with van der Waals surface area (Å²) >= 11 is 0. The average molecular weight is 277 g/mol. The van der Waals surface area contributed by atoms with Crippen molar-refractivity contribution in [3.63, 3.8) is 0 Å². The fourth-order valence-electron chi connectivity index (χ4n) is 2.61. The van der Waals surface area contributed by atoms with Gasteiger partial charge in [0.15, 0.2) is 0 Å². The number of piperidine rings is 1. The van der Waals surface area contributed by atoms with Crippen LogP contribution in [0, 0.1) is 6.92 Å². The lowest BCUT2D eigenvalue weighted by atomic mass is 10.1. The van der Waals surface area contributed by atoms with Gasteiger partial charge in [0, 0.05) is 18.7 Å². The van der Waals surface area contributed by atoms with Crippen LogP contribution in [0.25, 0.3) is 0 Å². The van der Waals surface area contributed by atoms with Gasteiger partial charge in [-0.3, -0.25) is 4.90 Å². The predicted molar refractivity (Wildman–Crippen MR) is 80.3 cm³/mol. The van der Waals surface area contributed by atoms with Crippen molar-refractivity contribution in [2.75, 3.05) is 19.6 Å². The molecule has 2 N–H and O–H groups in total. The lowest BCUT2D eigenvalue weighted by Gasteiger charge is -2.28. The van der Waals surface area contributed by atoms with E-state index >= 15 is 0 Å². The molecule has 1 aromatic carbocycles. The van der Waals surface area contributed by atoms with Gasteiger partial charge in [-0.05, 0) is 45.3 Å². The summed E-state index contributed by atoms with van der Waals surface area (Å²) in [6, 6.07) is 7.83. The third kappa shape index (κ3) is 4.85. The van der Waals surface area contributed by atoms with Gasteiger partial charge in [-0.1, -0.05) is 18.6 Å². The van der Waals surface area contributed by atoms with Crippen molar-refractivity contribution in [2.45, 2.75) is 39.2 Å². The Kier molecular flexibility index (Phi) is 5.41. The second kappa shape index (κ2) is 7.29. The van der Waals surface area contributed by atoms with Gasteiger partial charge in [-0.25, -0.2) is 0 Å². The van der Waals surface area contributed by atoms with E-state index in [2.05, 4.69) is 9.89 Å². The Bertz CT molecular complexity index is 454.